The molecule has 0 fully saturated rings. The van der Waals surface area contributed by atoms with Crippen LogP contribution >= 0.6 is 0 Å². The van der Waals surface area contributed by atoms with E-state index in [1.807, 2.05) is 0 Å². The third-order valence-electron chi connectivity index (χ3n) is 3.37. The van der Waals surface area contributed by atoms with Gasteiger partial charge in [-0.15, -0.1) is 0 Å². The maximum atomic E-state index is 6.03. The van der Waals surface area contributed by atoms with Gasteiger partial charge in [-0.3, -0.25) is 0 Å². The second-order valence-electron chi connectivity index (χ2n) is 4.98. The number of hydrogen-bond donors (Lipinski definition) is 1. The minimum absolute atomic E-state index is 0.400. The zero-order valence-corrected chi connectivity index (χ0v) is 12.4. The van der Waals surface area contributed by atoms with Crippen molar-refractivity contribution in [2.24, 2.45) is 5.92 Å². The van der Waals surface area contributed by atoms with Gasteiger partial charge in [0.15, 0.2) is 0 Å². The van der Waals surface area contributed by atoms with Crippen molar-refractivity contribution in [2.45, 2.75) is 72.3 Å². The van der Waals surface area contributed by atoms with E-state index in [1.54, 1.807) is 0 Å². The van der Waals surface area contributed by atoms with Crippen LogP contribution in [0.15, 0.2) is 0 Å². The van der Waals surface area contributed by atoms with E-state index in [0.717, 1.165) is 32.0 Å². The standard InChI is InChI=1S/C15H33NO/c1-5-9-10-14(7-3)13-17-15(8-4)12-16-11-6-2/h14-16H,5-13H2,1-4H3. The molecule has 0 aromatic rings. The van der Waals surface area contributed by atoms with Crippen LogP contribution in [0.4, 0.5) is 0 Å². The molecular formula is C15H33NO. The van der Waals surface area contributed by atoms with Gasteiger partial charge in [-0.2, -0.15) is 0 Å². The van der Waals surface area contributed by atoms with Gasteiger partial charge in [0.1, 0.15) is 0 Å². The number of unbranched alkanes of at least 4 members (excludes halogenated alkanes) is 1. The van der Waals surface area contributed by atoms with Crippen molar-refractivity contribution in [2.75, 3.05) is 19.7 Å². The van der Waals surface area contributed by atoms with Crippen LogP contribution in [0.25, 0.3) is 0 Å². The molecule has 0 aliphatic carbocycles. The molecule has 2 heteroatoms. The molecule has 0 rings (SSSR count). The first-order valence-electron chi connectivity index (χ1n) is 7.60. The number of ether oxygens (including phenoxy) is 1. The van der Waals surface area contributed by atoms with Crippen LogP contribution in [0.3, 0.4) is 0 Å². The van der Waals surface area contributed by atoms with Gasteiger partial charge in [0, 0.05) is 13.2 Å². The Morgan fingerprint density at radius 1 is 1.00 bits per heavy atom. The van der Waals surface area contributed by atoms with Crippen LogP contribution in [0.1, 0.15) is 66.2 Å². The quantitative estimate of drug-likeness (QED) is 0.523. The molecule has 1 N–H and O–H groups in total. The van der Waals surface area contributed by atoms with Gasteiger partial charge in [-0.1, -0.05) is 47.0 Å². The molecule has 0 aliphatic rings. The zero-order valence-electron chi connectivity index (χ0n) is 12.4. The average Bonchev–Trinajstić information content (AvgIpc) is 2.36. The SMILES string of the molecule is CCCCC(CC)COC(CC)CNCCC. The summed E-state index contributed by atoms with van der Waals surface area (Å²) in [5.74, 6) is 0.759. The summed E-state index contributed by atoms with van der Waals surface area (Å²) < 4.78 is 6.03. The number of hydrogen-bond acceptors (Lipinski definition) is 2. The Labute approximate surface area is 109 Å². The Morgan fingerprint density at radius 2 is 1.76 bits per heavy atom. The van der Waals surface area contributed by atoms with Gasteiger partial charge in [-0.05, 0) is 31.7 Å². The lowest BCUT2D eigenvalue weighted by molar-refractivity contribution is 0.0242. The van der Waals surface area contributed by atoms with Crippen LogP contribution in [0.5, 0.6) is 0 Å². The molecule has 0 aromatic carbocycles. The van der Waals surface area contributed by atoms with Crippen LogP contribution in [0, 0.1) is 5.92 Å². The minimum atomic E-state index is 0.400. The Balaban J connectivity index is 3.69. The molecule has 0 saturated carbocycles. The summed E-state index contributed by atoms with van der Waals surface area (Å²) in [6, 6.07) is 0. The Bertz CT molecular complexity index is 150. The second kappa shape index (κ2) is 12.4. The molecule has 2 unspecified atom stereocenters. The van der Waals surface area contributed by atoms with Crippen LogP contribution in [-0.2, 0) is 4.74 Å². The summed E-state index contributed by atoms with van der Waals surface area (Å²) in [6.45, 7) is 12.0. The van der Waals surface area contributed by atoms with E-state index in [9.17, 15) is 0 Å². The zero-order chi connectivity index (χ0) is 12.9. The molecule has 0 aromatic heterocycles. The van der Waals surface area contributed by atoms with Crippen molar-refractivity contribution < 1.29 is 4.74 Å². The van der Waals surface area contributed by atoms with E-state index in [0.29, 0.717) is 6.10 Å². The fraction of sp³-hybridized carbons (Fsp3) is 1.00. The van der Waals surface area contributed by atoms with Gasteiger partial charge in [0.2, 0.25) is 0 Å². The summed E-state index contributed by atoms with van der Waals surface area (Å²) in [5, 5.41) is 3.45. The van der Waals surface area contributed by atoms with Crippen LogP contribution < -0.4 is 5.32 Å². The van der Waals surface area contributed by atoms with Crippen LogP contribution in [-0.4, -0.2) is 25.8 Å². The molecule has 0 saturated heterocycles. The highest BCUT2D eigenvalue weighted by molar-refractivity contribution is 4.62. The topological polar surface area (TPSA) is 21.3 Å². The van der Waals surface area contributed by atoms with E-state index in [2.05, 4.69) is 33.0 Å². The Kier molecular flexibility index (Phi) is 12.3. The molecule has 0 aliphatic heterocycles. The first kappa shape index (κ1) is 16.9. The number of nitrogens with one attached hydrogen (secondary N) is 1. The molecule has 0 heterocycles. The summed E-state index contributed by atoms with van der Waals surface area (Å²) in [4.78, 5) is 0. The first-order chi connectivity index (χ1) is 8.28. The third kappa shape index (κ3) is 9.61. The molecule has 2 nitrogen and oxygen atoms in total. The van der Waals surface area contributed by atoms with Gasteiger partial charge in [0.25, 0.3) is 0 Å². The van der Waals surface area contributed by atoms with Crippen molar-refractivity contribution in [1.29, 1.82) is 0 Å². The fourth-order valence-corrected chi connectivity index (χ4v) is 1.93. The summed E-state index contributed by atoms with van der Waals surface area (Å²) in [5.41, 5.74) is 0. The van der Waals surface area contributed by atoms with Gasteiger partial charge in [-0.25, -0.2) is 0 Å². The normalized spacial score (nSPS) is 14.8. The van der Waals surface area contributed by atoms with Gasteiger partial charge in [0.05, 0.1) is 6.10 Å². The predicted molar refractivity (Wildman–Crippen MR) is 76.5 cm³/mol. The molecule has 17 heavy (non-hydrogen) atoms. The summed E-state index contributed by atoms with van der Waals surface area (Å²) >= 11 is 0. The van der Waals surface area contributed by atoms with Gasteiger partial charge >= 0.3 is 0 Å². The van der Waals surface area contributed by atoms with Gasteiger partial charge < -0.3 is 10.1 Å². The van der Waals surface area contributed by atoms with E-state index < -0.39 is 0 Å². The smallest absolute Gasteiger partial charge is 0.0696 e. The lowest BCUT2D eigenvalue weighted by Crippen LogP contribution is -2.30. The van der Waals surface area contributed by atoms with Crippen molar-refractivity contribution >= 4 is 0 Å². The highest BCUT2D eigenvalue weighted by Crippen LogP contribution is 2.14. The lowest BCUT2D eigenvalue weighted by Gasteiger charge is -2.21. The molecule has 0 radical (unpaired) electrons. The van der Waals surface area contributed by atoms with Crippen LogP contribution in [0.2, 0.25) is 0 Å². The first-order valence-corrected chi connectivity index (χ1v) is 7.60. The minimum Gasteiger partial charge on any atom is -0.377 e. The molecule has 104 valence electrons. The van der Waals surface area contributed by atoms with Crippen molar-refractivity contribution in [3.05, 3.63) is 0 Å². The highest BCUT2D eigenvalue weighted by atomic mass is 16.5. The largest absolute Gasteiger partial charge is 0.377 e. The third-order valence-corrected chi connectivity index (χ3v) is 3.37. The fourth-order valence-electron chi connectivity index (χ4n) is 1.93. The lowest BCUT2D eigenvalue weighted by atomic mass is 10.0. The number of rotatable bonds is 12. The molecule has 0 spiro atoms. The molecule has 2 atom stereocenters. The van der Waals surface area contributed by atoms with E-state index in [-0.39, 0.29) is 0 Å². The monoisotopic (exact) mass is 243 g/mol. The second-order valence-corrected chi connectivity index (χ2v) is 4.98. The molecular weight excluding hydrogens is 210 g/mol. The maximum absolute atomic E-state index is 6.03. The van der Waals surface area contributed by atoms with Crippen molar-refractivity contribution in [3.63, 3.8) is 0 Å². The maximum Gasteiger partial charge on any atom is 0.0696 e. The van der Waals surface area contributed by atoms with Crippen molar-refractivity contribution in [1.82, 2.24) is 5.32 Å². The average molecular weight is 243 g/mol. The van der Waals surface area contributed by atoms with Crippen molar-refractivity contribution in [3.8, 4) is 0 Å². The molecule has 0 amide bonds. The Hall–Kier alpha value is -0.0800. The van der Waals surface area contributed by atoms with E-state index in [4.69, 9.17) is 4.74 Å². The summed E-state index contributed by atoms with van der Waals surface area (Å²) in [7, 11) is 0. The Morgan fingerprint density at radius 3 is 2.29 bits per heavy atom. The predicted octanol–water partition coefficient (Wildman–Crippen LogP) is 4.00. The highest BCUT2D eigenvalue weighted by Gasteiger charge is 2.10. The van der Waals surface area contributed by atoms with E-state index >= 15 is 0 Å². The van der Waals surface area contributed by atoms with E-state index in [1.165, 1.54) is 32.1 Å². The summed E-state index contributed by atoms with van der Waals surface area (Å²) in [6.07, 6.45) is 7.92. The molecule has 0 bridgehead atoms.